The largest absolute Gasteiger partial charge is 0.373 e. The van der Waals surface area contributed by atoms with E-state index in [0.29, 0.717) is 38.4 Å². The van der Waals surface area contributed by atoms with Crippen LogP contribution < -0.4 is 4.90 Å². The smallest absolute Gasteiger partial charge is 0.248 e. The molecule has 1 saturated heterocycles. The number of pyridine rings is 1. The SMILES string of the molecule is CCOCC(=O)N1CCN(c2nc(C(C)C)c3c(c2C#N)CC(C)OC3)CC1C(C)C. The molecule has 0 spiro atoms. The molecule has 31 heavy (non-hydrogen) atoms. The summed E-state index contributed by atoms with van der Waals surface area (Å²) in [7, 11) is 0. The van der Waals surface area contributed by atoms with Crippen molar-refractivity contribution in [1.29, 1.82) is 5.26 Å². The standard InChI is InChI=1S/C24H36N4O3/c1-7-30-14-22(29)28-9-8-27(12-21(28)15(2)3)24-19(11-25)18-10-17(6)31-13-20(18)23(26-24)16(4)5/h15-17,21H,7-10,12-14H2,1-6H3. The molecule has 2 unspecified atom stereocenters. The summed E-state index contributed by atoms with van der Waals surface area (Å²) in [6, 6.07) is 2.51. The Morgan fingerprint density at radius 3 is 2.65 bits per heavy atom. The summed E-state index contributed by atoms with van der Waals surface area (Å²) in [6.07, 6.45) is 0.819. The monoisotopic (exact) mass is 428 g/mol. The molecule has 0 N–H and O–H groups in total. The van der Waals surface area contributed by atoms with Crippen molar-refractivity contribution >= 4 is 11.7 Å². The molecular weight excluding hydrogens is 392 g/mol. The number of aromatic nitrogens is 1. The molecule has 0 radical (unpaired) electrons. The first-order chi connectivity index (χ1) is 14.8. The van der Waals surface area contributed by atoms with Gasteiger partial charge in [0, 0.05) is 38.2 Å². The summed E-state index contributed by atoms with van der Waals surface area (Å²) in [5, 5.41) is 10.1. The zero-order valence-electron chi connectivity index (χ0n) is 19.8. The molecule has 7 heteroatoms. The van der Waals surface area contributed by atoms with Gasteiger partial charge in [-0.1, -0.05) is 27.7 Å². The van der Waals surface area contributed by atoms with Crippen molar-refractivity contribution in [3.63, 3.8) is 0 Å². The van der Waals surface area contributed by atoms with Crippen LogP contribution >= 0.6 is 0 Å². The highest BCUT2D eigenvalue weighted by atomic mass is 16.5. The van der Waals surface area contributed by atoms with Crippen LogP contribution in [0.5, 0.6) is 0 Å². The van der Waals surface area contributed by atoms with Gasteiger partial charge in [0.1, 0.15) is 18.5 Å². The lowest BCUT2D eigenvalue weighted by atomic mass is 9.90. The first-order valence-corrected chi connectivity index (χ1v) is 11.5. The average molecular weight is 429 g/mol. The second kappa shape index (κ2) is 9.97. The number of anilines is 1. The summed E-state index contributed by atoms with van der Waals surface area (Å²) in [6.45, 7) is 15.6. The van der Waals surface area contributed by atoms with E-state index in [1.54, 1.807) is 0 Å². The van der Waals surface area contributed by atoms with Gasteiger partial charge in [0.2, 0.25) is 5.91 Å². The zero-order valence-corrected chi connectivity index (χ0v) is 19.8. The Hall–Kier alpha value is -2.17. The van der Waals surface area contributed by atoms with Crippen LogP contribution in [0.2, 0.25) is 0 Å². The number of hydrogen-bond acceptors (Lipinski definition) is 6. The Kier molecular flexibility index (Phi) is 7.55. The van der Waals surface area contributed by atoms with E-state index in [-0.39, 0.29) is 36.5 Å². The van der Waals surface area contributed by atoms with Crippen LogP contribution in [0.4, 0.5) is 5.82 Å². The predicted octanol–water partition coefficient (Wildman–Crippen LogP) is 3.25. The molecule has 0 aliphatic carbocycles. The summed E-state index contributed by atoms with van der Waals surface area (Å²) < 4.78 is 11.2. The van der Waals surface area contributed by atoms with E-state index < -0.39 is 0 Å². The van der Waals surface area contributed by atoms with E-state index in [1.165, 1.54) is 0 Å². The minimum atomic E-state index is 0.0351. The molecule has 0 bridgehead atoms. The van der Waals surface area contributed by atoms with Crippen LogP contribution in [0.15, 0.2) is 0 Å². The zero-order chi connectivity index (χ0) is 22.7. The molecule has 1 amide bonds. The quantitative estimate of drug-likeness (QED) is 0.692. The van der Waals surface area contributed by atoms with E-state index in [4.69, 9.17) is 14.5 Å². The third-order valence-electron chi connectivity index (χ3n) is 6.33. The van der Waals surface area contributed by atoms with Crippen LogP contribution in [0, 0.1) is 17.2 Å². The van der Waals surface area contributed by atoms with Crippen molar-refractivity contribution in [1.82, 2.24) is 9.88 Å². The maximum Gasteiger partial charge on any atom is 0.248 e. The third kappa shape index (κ3) is 4.86. The topological polar surface area (TPSA) is 78.7 Å². The molecule has 3 rings (SSSR count). The number of fused-ring (bicyclic) bond motifs is 1. The molecule has 1 aromatic heterocycles. The first-order valence-electron chi connectivity index (χ1n) is 11.5. The Bertz CT molecular complexity index is 846. The number of nitriles is 1. The minimum Gasteiger partial charge on any atom is -0.373 e. The maximum absolute atomic E-state index is 12.7. The average Bonchev–Trinajstić information content (AvgIpc) is 2.75. The normalized spacial score (nSPS) is 21.4. The fourth-order valence-corrected chi connectivity index (χ4v) is 4.62. The molecule has 1 fully saturated rings. The van der Waals surface area contributed by atoms with Gasteiger partial charge in [-0.25, -0.2) is 4.98 Å². The molecule has 2 aliphatic heterocycles. The Labute approximate surface area is 186 Å². The molecule has 0 aromatic carbocycles. The van der Waals surface area contributed by atoms with Gasteiger partial charge in [-0.2, -0.15) is 5.26 Å². The second-order valence-corrected chi connectivity index (χ2v) is 9.23. The fourth-order valence-electron chi connectivity index (χ4n) is 4.62. The lowest BCUT2D eigenvalue weighted by molar-refractivity contribution is -0.139. The van der Waals surface area contributed by atoms with E-state index >= 15 is 0 Å². The molecule has 1 aromatic rings. The van der Waals surface area contributed by atoms with Crippen molar-refractivity contribution in [3.05, 3.63) is 22.4 Å². The van der Waals surface area contributed by atoms with Crippen molar-refractivity contribution in [2.45, 2.75) is 72.6 Å². The Morgan fingerprint density at radius 2 is 2.03 bits per heavy atom. The Balaban J connectivity index is 1.97. The Morgan fingerprint density at radius 1 is 1.29 bits per heavy atom. The molecule has 3 heterocycles. The summed E-state index contributed by atoms with van der Waals surface area (Å²) in [5.74, 6) is 1.33. The fraction of sp³-hybridized carbons (Fsp3) is 0.708. The number of amides is 1. The van der Waals surface area contributed by atoms with E-state index in [1.807, 2.05) is 11.8 Å². The van der Waals surface area contributed by atoms with E-state index in [2.05, 4.69) is 45.6 Å². The van der Waals surface area contributed by atoms with E-state index in [0.717, 1.165) is 29.1 Å². The van der Waals surface area contributed by atoms with Gasteiger partial charge in [-0.3, -0.25) is 4.79 Å². The first kappa shape index (κ1) is 23.5. The lowest BCUT2D eigenvalue weighted by Crippen LogP contribution is -2.58. The van der Waals surface area contributed by atoms with Gasteiger partial charge >= 0.3 is 0 Å². The number of piperazine rings is 1. The highest BCUT2D eigenvalue weighted by molar-refractivity contribution is 5.78. The van der Waals surface area contributed by atoms with Gasteiger partial charge in [0.05, 0.1) is 30.0 Å². The summed E-state index contributed by atoms with van der Waals surface area (Å²) in [5.41, 5.74) is 3.86. The summed E-state index contributed by atoms with van der Waals surface area (Å²) in [4.78, 5) is 21.9. The molecule has 7 nitrogen and oxygen atoms in total. The highest BCUT2D eigenvalue weighted by Gasteiger charge is 2.35. The third-order valence-corrected chi connectivity index (χ3v) is 6.33. The molecular formula is C24H36N4O3. The van der Waals surface area contributed by atoms with Crippen molar-refractivity contribution < 1.29 is 14.3 Å². The van der Waals surface area contributed by atoms with Crippen LogP contribution in [0.1, 0.15) is 69.8 Å². The van der Waals surface area contributed by atoms with Crippen LogP contribution in [0.3, 0.4) is 0 Å². The van der Waals surface area contributed by atoms with Crippen LogP contribution in [-0.4, -0.2) is 60.8 Å². The number of carbonyl (C=O) groups is 1. The maximum atomic E-state index is 12.7. The van der Waals surface area contributed by atoms with Gasteiger partial charge in [-0.15, -0.1) is 0 Å². The van der Waals surface area contributed by atoms with Gasteiger partial charge in [0.25, 0.3) is 0 Å². The van der Waals surface area contributed by atoms with Crippen molar-refractivity contribution in [3.8, 4) is 6.07 Å². The number of ether oxygens (including phenoxy) is 2. The van der Waals surface area contributed by atoms with E-state index in [9.17, 15) is 10.1 Å². The van der Waals surface area contributed by atoms with Crippen molar-refractivity contribution in [2.75, 3.05) is 37.7 Å². The van der Waals surface area contributed by atoms with Gasteiger partial charge in [0.15, 0.2) is 0 Å². The number of rotatable bonds is 6. The lowest BCUT2D eigenvalue weighted by Gasteiger charge is -2.44. The number of nitrogens with zero attached hydrogens (tertiary/aromatic N) is 4. The summed E-state index contributed by atoms with van der Waals surface area (Å²) >= 11 is 0. The molecule has 0 saturated carbocycles. The number of carbonyl (C=O) groups excluding carboxylic acids is 1. The highest BCUT2D eigenvalue weighted by Crippen LogP contribution is 2.35. The molecule has 2 atom stereocenters. The van der Waals surface area contributed by atoms with Crippen LogP contribution in [0.25, 0.3) is 0 Å². The minimum absolute atomic E-state index is 0.0351. The molecule has 2 aliphatic rings. The second-order valence-electron chi connectivity index (χ2n) is 9.23. The van der Waals surface area contributed by atoms with Crippen LogP contribution in [-0.2, 0) is 27.3 Å². The van der Waals surface area contributed by atoms with Gasteiger partial charge < -0.3 is 19.3 Å². The van der Waals surface area contributed by atoms with Gasteiger partial charge in [-0.05, 0) is 31.2 Å². The van der Waals surface area contributed by atoms with Crippen molar-refractivity contribution in [2.24, 2.45) is 5.92 Å². The molecule has 170 valence electrons. The predicted molar refractivity (Wildman–Crippen MR) is 120 cm³/mol. The number of hydrogen-bond donors (Lipinski definition) is 0.